The molecule has 92 valence electrons. The summed E-state index contributed by atoms with van der Waals surface area (Å²) in [5.74, 6) is 0.871. The van der Waals surface area contributed by atoms with Gasteiger partial charge in [-0.15, -0.1) is 0 Å². The first-order valence-electron chi connectivity index (χ1n) is 5.71. The zero-order valence-electron chi connectivity index (χ0n) is 10.7. The summed E-state index contributed by atoms with van der Waals surface area (Å²) in [4.78, 5) is 14.9. The van der Waals surface area contributed by atoms with Gasteiger partial charge in [-0.1, -0.05) is 0 Å². The first kappa shape index (κ1) is 12.3. The van der Waals surface area contributed by atoms with Crippen LogP contribution >= 0.6 is 0 Å². The molecule has 0 atom stereocenters. The molecule has 0 saturated carbocycles. The SMILES string of the molecule is COc1cc(C)c(-c2cncc(C=O)c2)cc1C. The number of carbonyl (C=O) groups excluding carboxylic acids is 1. The standard InChI is InChI=1S/C15H15NO2/c1-10-5-15(18-3)11(2)4-14(10)13-6-12(9-17)7-16-8-13/h4-9H,1-3H3. The van der Waals surface area contributed by atoms with Gasteiger partial charge in [-0.3, -0.25) is 9.78 Å². The number of rotatable bonds is 3. The van der Waals surface area contributed by atoms with Crippen LogP contribution in [0.25, 0.3) is 11.1 Å². The number of hydrogen-bond acceptors (Lipinski definition) is 3. The Morgan fingerprint density at radius 2 is 1.89 bits per heavy atom. The second-order valence-electron chi connectivity index (χ2n) is 4.26. The highest BCUT2D eigenvalue weighted by atomic mass is 16.5. The predicted octanol–water partition coefficient (Wildman–Crippen LogP) is 3.19. The molecule has 0 N–H and O–H groups in total. The van der Waals surface area contributed by atoms with Crippen molar-refractivity contribution < 1.29 is 9.53 Å². The molecule has 3 heteroatoms. The van der Waals surface area contributed by atoms with Crippen molar-refractivity contribution in [2.24, 2.45) is 0 Å². The molecule has 1 heterocycles. The van der Waals surface area contributed by atoms with Gasteiger partial charge in [0.05, 0.1) is 7.11 Å². The van der Waals surface area contributed by atoms with Crippen molar-refractivity contribution in [2.75, 3.05) is 7.11 Å². The fourth-order valence-electron chi connectivity index (χ4n) is 1.99. The van der Waals surface area contributed by atoms with Crippen LogP contribution in [0.15, 0.2) is 30.6 Å². The summed E-state index contributed by atoms with van der Waals surface area (Å²) in [6.45, 7) is 4.02. The molecule has 0 aliphatic carbocycles. The van der Waals surface area contributed by atoms with E-state index in [0.29, 0.717) is 5.56 Å². The first-order chi connectivity index (χ1) is 8.65. The summed E-state index contributed by atoms with van der Waals surface area (Å²) in [5, 5.41) is 0. The molecule has 18 heavy (non-hydrogen) atoms. The third-order valence-electron chi connectivity index (χ3n) is 2.95. The molecular formula is C15H15NO2. The molecule has 0 spiro atoms. The van der Waals surface area contributed by atoms with E-state index in [1.165, 1.54) is 0 Å². The number of aryl methyl sites for hydroxylation is 2. The topological polar surface area (TPSA) is 39.2 Å². The molecule has 1 aromatic heterocycles. The minimum Gasteiger partial charge on any atom is -0.496 e. The number of carbonyl (C=O) groups is 1. The Bertz CT molecular complexity index is 591. The summed E-state index contributed by atoms with van der Waals surface area (Å²) in [6.07, 6.45) is 4.13. The number of aromatic nitrogens is 1. The fraction of sp³-hybridized carbons (Fsp3) is 0.200. The van der Waals surface area contributed by atoms with E-state index in [4.69, 9.17) is 4.74 Å². The lowest BCUT2D eigenvalue weighted by Crippen LogP contribution is -1.92. The smallest absolute Gasteiger partial charge is 0.151 e. The van der Waals surface area contributed by atoms with Gasteiger partial charge in [0.25, 0.3) is 0 Å². The van der Waals surface area contributed by atoms with Gasteiger partial charge < -0.3 is 4.74 Å². The number of nitrogens with zero attached hydrogens (tertiary/aromatic N) is 1. The Kier molecular flexibility index (Phi) is 3.42. The van der Waals surface area contributed by atoms with Crippen molar-refractivity contribution in [1.82, 2.24) is 4.98 Å². The van der Waals surface area contributed by atoms with Crippen LogP contribution in [0.4, 0.5) is 0 Å². The highest BCUT2D eigenvalue weighted by Crippen LogP contribution is 2.29. The van der Waals surface area contributed by atoms with Gasteiger partial charge in [0.1, 0.15) is 5.75 Å². The number of hydrogen-bond donors (Lipinski definition) is 0. The maximum Gasteiger partial charge on any atom is 0.151 e. The zero-order valence-corrected chi connectivity index (χ0v) is 10.7. The lowest BCUT2D eigenvalue weighted by molar-refractivity contribution is 0.112. The van der Waals surface area contributed by atoms with Crippen LogP contribution in [0.5, 0.6) is 5.75 Å². The van der Waals surface area contributed by atoms with Crippen LogP contribution in [0.3, 0.4) is 0 Å². The van der Waals surface area contributed by atoms with Gasteiger partial charge >= 0.3 is 0 Å². The highest BCUT2D eigenvalue weighted by molar-refractivity contribution is 5.79. The van der Waals surface area contributed by atoms with Crippen LogP contribution < -0.4 is 4.74 Å². The Labute approximate surface area is 106 Å². The monoisotopic (exact) mass is 241 g/mol. The van der Waals surface area contributed by atoms with Crippen LogP contribution in [0.1, 0.15) is 21.5 Å². The second-order valence-corrected chi connectivity index (χ2v) is 4.26. The van der Waals surface area contributed by atoms with Crippen molar-refractivity contribution in [3.8, 4) is 16.9 Å². The average molecular weight is 241 g/mol. The Morgan fingerprint density at radius 1 is 1.11 bits per heavy atom. The Hall–Kier alpha value is -2.16. The lowest BCUT2D eigenvalue weighted by atomic mass is 9.98. The first-order valence-corrected chi connectivity index (χ1v) is 5.71. The van der Waals surface area contributed by atoms with Crippen molar-refractivity contribution in [1.29, 1.82) is 0 Å². The van der Waals surface area contributed by atoms with Crippen LogP contribution in [0.2, 0.25) is 0 Å². The van der Waals surface area contributed by atoms with E-state index in [2.05, 4.69) is 11.1 Å². The number of benzene rings is 1. The molecule has 0 bridgehead atoms. The highest BCUT2D eigenvalue weighted by Gasteiger charge is 2.07. The summed E-state index contributed by atoms with van der Waals surface area (Å²) < 4.78 is 5.29. The van der Waals surface area contributed by atoms with Crippen LogP contribution in [-0.2, 0) is 0 Å². The second kappa shape index (κ2) is 5.00. The van der Waals surface area contributed by atoms with E-state index in [1.807, 2.05) is 26.0 Å². The van der Waals surface area contributed by atoms with Crippen molar-refractivity contribution in [3.05, 3.63) is 47.3 Å². The van der Waals surface area contributed by atoms with Gasteiger partial charge in [0.15, 0.2) is 6.29 Å². The minimum absolute atomic E-state index is 0.584. The van der Waals surface area contributed by atoms with Gasteiger partial charge in [-0.2, -0.15) is 0 Å². The molecule has 0 fully saturated rings. The summed E-state index contributed by atoms with van der Waals surface area (Å²) in [7, 11) is 1.66. The molecule has 2 rings (SSSR count). The largest absolute Gasteiger partial charge is 0.496 e. The molecular weight excluding hydrogens is 226 g/mol. The molecule has 0 radical (unpaired) electrons. The van der Waals surface area contributed by atoms with E-state index in [9.17, 15) is 4.79 Å². The van der Waals surface area contributed by atoms with Gasteiger partial charge in [-0.05, 0) is 48.7 Å². The van der Waals surface area contributed by atoms with Gasteiger partial charge in [0, 0.05) is 23.5 Å². The molecule has 2 aromatic rings. The number of methoxy groups -OCH3 is 1. The zero-order chi connectivity index (χ0) is 13.1. The minimum atomic E-state index is 0.584. The molecule has 3 nitrogen and oxygen atoms in total. The Morgan fingerprint density at radius 3 is 2.56 bits per heavy atom. The van der Waals surface area contributed by atoms with Crippen LogP contribution in [-0.4, -0.2) is 18.4 Å². The third-order valence-corrected chi connectivity index (χ3v) is 2.95. The number of aldehydes is 1. The molecule has 0 unspecified atom stereocenters. The van der Waals surface area contributed by atoms with E-state index in [-0.39, 0.29) is 0 Å². The van der Waals surface area contributed by atoms with Crippen molar-refractivity contribution in [2.45, 2.75) is 13.8 Å². The lowest BCUT2D eigenvalue weighted by Gasteiger charge is -2.11. The van der Waals surface area contributed by atoms with Gasteiger partial charge in [-0.25, -0.2) is 0 Å². The summed E-state index contributed by atoms with van der Waals surface area (Å²) in [5.41, 5.74) is 4.77. The maximum atomic E-state index is 10.8. The fourth-order valence-corrected chi connectivity index (χ4v) is 1.99. The van der Waals surface area contributed by atoms with E-state index < -0.39 is 0 Å². The quantitative estimate of drug-likeness (QED) is 0.775. The normalized spacial score (nSPS) is 10.2. The van der Waals surface area contributed by atoms with Crippen molar-refractivity contribution >= 4 is 6.29 Å². The van der Waals surface area contributed by atoms with E-state index in [1.54, 1.807) is 19.5 Å². The predicted molar refractivity (Wildman–Crippen MR) is 71.1 cm³/mol. The van der Waals surface area contributed by atoms with Crippen molar-refractivity contribution in [3.63, 3.8) is 0 Å². The molecule has 1 aromatic carbocycles. The average Bonchev–Trinajstić information content (AvgIpc) is 2.41. The maximum absolute atomic E-state index is 10.8. The Balaban J connectivity index is 2.56. The van der Waals surface area contributed by atoms with Gasteiger partial charge in [0.2, 0.25) is 0 Å². The molecule has 0 aliphatic heterocycles. The van der Waals surface area contributed by atoms with Crippen LogP contribution in [0, 0.1) is 13.8 Å². The molecule has 0 saturated heterocycles. The van der Waals surface area contributed by atoms with E-state index >= 15 is 0 Å². The molecule has 0 amide bonds. The number of ether oxygens (including phenoxy) is 1. The summed E-state index contributed by atoms with van der Waals surface area (Å²) in [6, 6.07) is 5.90. The van der Waals surface area contributed by atoms with E-state index in [0.717, 1.165) is 34.3 Å². The number of pyridine rings is 1. The summed E-state index contributed by atoms with van der Waals surface area (Å²) >= 11 is 0. The third kappa shape index (κ3) is 2.25. The molecule has 0 aliphatic rings.